The third-order valence-corrected chi connectivity index (χ3v) is 3.97. The van der Waals surface area contributed by atoms with Crippen molar-refractivity contribution in [3.8, 4) is 0 Å². The van der Waals surface area contributed by atoms with Crippen LogP contribution in [0, 0.1) is 5.92 Å². The quantitative estimate of drug-likeness (QED) is 0.647. The molecule has 0 radical (unpaired) electrons. The maximum atomic E-state index is 11.2. The molecular weight excluding hydrogens is 184 g/mol. The molecule has 0 N–H and O–H groups in total. The minimum atomic E-state index is 0.269. The predicted octanol–water partition coefficient (Wildman–Crippen LogP) is 0.471. The van der Waals surface area contributed by atoms with E-state index in [2.05, 4.69) is 4.90 Å². The molecule has 3 nitrogen and oxygen atoms in total. The zero-order chi connectivity index (χ0) is 9.26. The molecule has 13 heavy (non-hydrogen) atoms. The lowest BCUT2D eigenvalue weighted by Gasteiger charge is -2.18. The highest BCUT2D eigenvalue weighted by molar-refractivity contribution is 7.99. The Hall–Kier alpha value is -0.220. The van der Waals surface area contributed by atoms with E-state index in [-0.39, 0.29) is 5.91 Å². The highest BCUT2D eigenvalue weighted by Gasteiger charge is 2.27. The van der Waals surface area contributed by atoms with Crippen molar-refractivity contribution in [1.82, 2.24) is 9.80 Å². The van der Waals surface area contributed by atoms with E-state index in [1.807, 2.05) is 23.7 Å². The third-order valence-electron chi connectivity index (χ3n) is 2.74. The zero-order valence-electron chi connectivity index (χ0n) is 8.03. The van der Waals surface area contributed by atoms with Gasteiger partial charge in [-0.25, -0.2) is 0 Å². The number of likely N-dealkylation sites (N-methyl/N-ethyl adjacent to an activating group) is 1. The molecule has 2 aliphatic heterocycles. The minimum Gasteiger partial charge on any atom is -0.332 e. The summed E-state index contributed by atoms with van der Waals surface area (Å²) in [6.45, 7) is 2.58. The van der Waals surface area contributed by atoms with Crippen LogP contribution >= 0.6 is 11.8 Å². The van der Waals surface area contributed by atoms with Gasteiger partial charge in [0.05, 0.1) is 13.2 Å². The van der Waals surface area contributed by atoms with E-state index < -0.39 is 0 Å². The van der Waals surface area contributed by atoms with Crippen molar-refractivity contribution >= 4 is 17.7 Å². The molecule has 0 aromatic rings. The summed E-state index contributed by atoms with van der Waals surface area (Å²) in [4.78, 5) is 15.3. The molecule has 0 saturated carbocycles. The summed E-state index contributed by atoms with van der Waals surface area (Å²) in [5.41, 5.74) is 0. The molecule has 1 atom stereocenters. The largest absolute Gasteiger partial charge is 0.332 e. The van der Waals surface area contributed by atoms with Crippen molar-refractivity contribution in [2.75, 3.05) is 38.3 Å². The van der Waals surface area contributed by atoms with Gasteiger partial charge in [-0.05, 0) is 23.8 Å². The summed E-state index contributed by atoms with van der Waals surface area (Å²) >= 11 is 2.04. The highest BCUT2D eigenvalue weighted by Crippen LogP contribution is 2.24. The van der Waals surface area contributed by atoms with Crippen LogP contribution < -0.4 is 0 Å². The average Bonchev–Trinajstić information content (AvgIpc) is 2.64. The fourth-order valence-electron chi connectivity index (χ4n) is 1.96. The lowest BCUT2D eigenvalue weighted by molar-refractivity contribution is -0.125. The van der Waals surface area contributed by atoms with Gasteiger partial charge in [0.2, 0.25) is 5.91 Å². The van der Waals surface area contributed by atoms with Crippen molar-refractivity contribution in [3.63, 3.8) is 0 Å². The second-order valence-corrected chi connectivity index (χ2v) is 5.12. The second kappa shape index (κ2) is 3.88. The Balaban J connectivity index is 1.79. The van der Waals surface area contributed by atoms with E-state index in [4.69, 9.17) is 0 Å². The fraction of sp³-hybridized carbons (Fsp3) is 0.889. The summed E-state index contributed by atoms with van der Waals surface area (Å²) in [5, 5.41) is 0. The number of amides is 1. The Morgan fingerprint density at radius 3 is 3.00 bits per heavy atom. The molecule has 74 valence electrons. The predicted molar refractivity (Wildman–Crippen MR) is 54.6 cm³/mol. The van der Waals surface area contributed by atoms with Crippen LogP contribution in [0.4, 0.5) is 0 Å². The Bertz CT molecular complexity index is 204. The lowest BCUT2D eigenvalue weighted by atomic mass is 10.1. The van der Waals surface area contributed by atoms with Gasteiger partial charge in [-0.1, -0.05) is 0 Å². The van der Waals surface area contributed by atoms with Crippen molar-refractivity contribution in [3.05, 3.63) is 0 Å². The summed E-state index contributed by atoms with van der Waals surface area (Å²) in [7, 11) is 1.88. The van der Waals surface area contributed by atoms with E-state index in [0.29, 0.717) is 6.54 Å². The maximum absolute atomic E-state index is 11.2. The maximum Gasteiger partial charge on any atom is 0.237 e. The molecule has 0 spiro atoms. The van der Waals surface area contributed by atoms with Crippen molar-refractivity contribution < 1.29 is 4.79 Å². The topological polar surface area (TPSA) is 23.6 Å². The van der Waals surface area contributed by atoms with E-state index in [1.165, 1.54) is 17.9 Å². The molecule has 0 aromatic heterocycles. The number of rotatable bonds is 2. The number of carbonyl (C=O) groups excluding carboxylic acids is 1. The lowest BCUT2D eigenvalue weighted by Crippen LogP contribution is -2.28. The van der Waals surface area contributed by atoms with Gasteiger partial charge >= 0.3 is 0 Å². The standard InChI is InChI=1S/C9H16N2OS/c1-10-7-11(5-9(10)12)4-8-2-3-13-6-8/h8H,2-7H2,1H3. The van der Waals surface area contributed by atoms with Crippen molar-refractivity contribution in [2.24, 2.45) is 5.92 Å². The van der Waals surface area contributed by atoms with Crippen LogP contribution in [-0.2, 0) is 4.79 Å². The molecule has 0 aliphatic carbocycles. The first-order chi connectivity index (χ1) is 6.25. The van der Waals surface area contributed by atoms with Gasteiger partial charge in [-0.2, -0.15) is 11.8 Å². The van der Waals surface area contributed by atoms with E-state index in [9.17, 15) is 4.79 Å². The van der Waals surface area contributed by atoms with Crippen LogP contribution in [0.15, 0.2) is 0 Å². The molecule has 2 aliphatic rings. The first-order valence-corrected chi connectivity index (χ1v) is 5.95. The molecule has 2 saturated heterocycles. The molecule has 0 bridgehead atoms. The Morgan fingerprint density at radius 2 is 2.46 bits per heavy atom. The smallest absolute Gasteiger partial charge is 0.237 e. The van der Waals surface area contributed by atoms with Crippen LogP contribution in [0.3, 0.4) is 0 Å². The number of hydrogen-bond donors (Lipinski definition) is 0. The number of hydrogen-bond acceptors (Lipinski definition) is 3. The first-order valence-electron chi connectivity index (χ1n) is 4.80. The fourth-order valence-corrected chi connectivity index (χ4v) is 3.23. The van der Waals surface area contributed by atoms with Crippen LogP contribution in [0.2, 0.25) is 0 Å². The number of nitrogens with zero attached hydrogens (tertiary/aromatic N) is 2. The summed E-state index contributed by atoms with van der Waals surface area (Å²) in [6.07, 6.45) is 1.33. The van der Waals surface area contributed by atoms with Gasteiger partial charge < -0.3 is 4.90 Å². The zero-order valence-corrected chi connectivity index (χ0v) is 8.85. The van der Waals surface area contributed by atoms with E-state index in [1.54, 1.807) is 0 Å². The molecular formula is C9H16N2OS. The molecule has 0 aromatic carbocycles. The van der Waals surface area contributed by atoms with Crippen LogP contribution in [0.1, 0.15) is 6.42 Å². The van der Waals surface area contributed by atoms with Gasteiger partial charge in [0.25, 0.3) is 0 Å². The monoisotopic (exact) mass is 200 g/mol. The van der Waals surface area contributed by atoms with Crippen molar-refractivity contribution in [1.29, 1.82) is 0 Å². The summed E-state index contributed by atoms with van der Waals surface area (Å²) < 4.78 is 0. The van der Waals surface area contributed by atoms with Gasteiger partial charge in [0, 0.05) is 13.6 Å². The van der Waals surface area contributed by atoms with Crippen LogP contribution in [0.25, 0.3) is 0 Å². The molecule has 2 fully saturated rings. The third kappa shape index (κ3) is 2.17. The van der Waals surface area contributed by atoms with Gasteiger partial charge in [0.1, 0.15) is 0 Å². The number of thioether (sulfide) groups is 1. The minimum absolute atomic E-state index is 0.269. The van der Waals surface area contributed by atoms with Crippen molar-refractivity contribution in [2.45, 2.75) is 6.42 Å². The SMILES string of the molecule is CN1CN(CC2CCSC2)CC1=O. The average molecular weight is 200 g/mol. The van der Waals surface area contributed by atoms with E-state index >= 15 is 0 Å². The Labute approximate surface area is 83.5 Å². The molecule has 4 heteroatoms. The number of carbonyl (C=O) groups is 1. The van der Waals surface area contributed by atoms with Crippen LogP contribution in [-0.4, -0.2) is 54.0 Å². The molecule has 2 rings (SSSR count). The Morgan fingerprint density at radius 1 is 1.62 bits per heavy atom. The normalized spacial score (nSPS) is 30.4. The van der Waals surface area contributed by atoms with Gasteiger partial charge in [-0.3, -0.25) is 9.69 Å². The summed E-state index contributed by atoms with van der Waals surface area (Å²) in [6, 6.07) is 0. The van der Waals surface area contributed by atoms with Gasteiger partial charge in [-0.15, -0.1) is 0 Å². The van der Waals surface area contributed by atoms with Crippen LogP contribution in [0.5, 0.6) is 0 Å². The molecule has 1 amide bonds. The Kier molecular flexibility index (Phi) is 2.79. The summed E-state index contributed by atoms with van der Waals surface area (Å²) in [5.74, 6) is 3.69. The molecule has 2 heterocycles. The second-order valence-electron chi connectivity index (χ2n) is 3.97. The van der Waals surface area contributed by atoms with Gasteiger partial charge in [0.15, 0.2) is 0 Å². The molecule has 1 unspecified atom stereocenters. The highest BCUT2D eigenvalue weighted by atomic mass is 32.2. The first kappa shape index (κ1) is 9.34. The van der Waals surface area contributed by atoms with E-state index in [0.717, 1.165) is 19.1 Å².